The van der Waals surface area contributed by atoms with E-state index in [-0.39, 0.29) is 11.0 Å². The number of carbonyl (C=O) groups is 1. The number of aryl methyl sites for hydroxylation is 2. The zero-order valence-corrected chi connectivity index (χ0v) is 16.7. The number of aromatic amines is 1. The van der Waals surface area contributed by atoms with Crippen molar-refractivity contribution in [3.05, 3.63) is 63.6 Å². The Bertz CT molecular complexity index is 1160. The molecular formula is C23H24N4O2. The topological polar surface area (TPSA) is 78.1 Å². The van der Waals surface area contributed by atoms with Crippen LogP contribution in [0.15, 0.2) is 41.5 Å². The molecule has 148 valence electrons. The number of H-pyrrole nitrogens is 1. The SMILES string of the molecule is Cc1cc(N2C3CCC2CC3)ncc1NC(=O)c1c[nH]c2cccc(C)c2c1=O. The number of anilines is 2. The highest BCUT2D eigenvalue weighted by Crippen LogP contribution is 2.40. The molecule has 2 aliphatic rings. The van der Waals surface area contributed by atoms with Crippen LogP contribution in [0.3, 0.4) is 0 Å². The summed E-state index contributed by atoms with van der Waals surface area (Å²) in [6.07, 6.45) is 8.17. The van der Waals surface area contributed by atoms with Gasteiger partial charge in [-0.1, -0.05) is 12.1 Å². The quantitative estimate of drug-likeness (QED) is 0.713. The molecule has 0 aliphatic carbocycles. The summed E-state index contributed by atoms with van der Waals surface area (Å²) in [7, 11) is 0. The van der Waals surface area contributed by atoms with Gasteiger partial charge in [0.15, 0.2) is 0 Å². The van der Waals surface area contributed by atoms with Crippen LogP contribution in [0, 0.1) is 13.8 Å². The molecule has 0 atom stereocenters. The zero-order chi connectivity index (χ0) is 20.1. The Morgan fingerprint density at radius 3 is 2.55 bits per heavy atom. The van der Waals surface area contributed by atoms with Gasteiger partial charge in [0.05, 0.1) is 11.9 Å². The number of aromatic nitrogens is 2. The molecule has 1 aromatic carbocycles. The molecule has 6 nitrogen and oxygen atoms in total. The van der Waals surface area contributed by atoms with Crippen molar-refractivity contribution in [1.29, 1.82) is 0 Å². The summed E-state index contributed by atoms with van der Waals surface area (Å²) in [5.74, 6) is 0.569. The maximum absolute atomic E-state index is 12.9. The van der Waals surface area contributed by atoms with E-state index in [1.807, 2.05) is 38.1 Å². The monoisotopic (exact) mass is 388 g/mol. The van der Waals surface area contributed by atoms with Gasteiger partial charge >= 0.3 is 0 Å². The molecule has 2 N–H and O–H groups in total. The van der Waals surface area contributed by atoms with Crippen LogP contribution in [0.5, 0.6) is 0 Å². The maximum atomic E-state index is 12.9. The lowest BCUT2D eigenvalue weighted by Gasteiger charge is -2.24. The van der Waals surface area contributed by atoms with Crippen LogP contribution >= 0.6 is 0 Å². The Morgan fingerprint density at radius 2 is 1.86 bits per heavy atom. The van der Waals surface area contributed by atoms with E-state index >= 15 is 0 Å². The van der Waals surface area contributed by atoms with E-state index in [0.29, 0.717) is 23.2 Å². The Morgan fingerprint density at radius 1 is 1.14 bits per heavy atom. The van der Waals surface area contributed by atoms with Crippen LogP contribution in [-0.4, -0.2) is 28.0 Å². The maximum Gasteiger partial charge on any atom is 0.261 e. The minimum atomic E-state index is -0.421. The number of benzene rings is 1. The molecule has 4 heterocycles. The first kappa shape index (κ1) is 17.9. The summed E-state index contributed by atoms with van der Waals surface area (Å²) in [5.41, 5.74) is 3.01. The van der Waals surface area contributed by atoms with Crippen molar-refractivity contribution in [3.8, 4) is 0 Å². The third-order valence-corrected chi connectivity index (χ3v) is 6.42. The molecule has 0 spiro atoms. The third-order valence-electron chi connectivity index (χ3n) is 6.42. The molecule has 2 fully saturated rings. The second-order valence-electron chi connectivity index (χ2n) is 8.21. The van der Waals surface area contributed by atoms with E-state index in [1.165, 1.54) is 31.9 Å². The average molecular weight is 388 g/mol. The standard InChI is InChI=1S/C23H24N4O2/c1-13-4-3-5-18-21(13)22(28)17(11-24-18)23(29)26-19-12-25-20(10-14(19)2)27-15-6-7-16(27)9-8-15/h3-5,10-12,15-16H,6-9H2,1-2H3,(H,24,28)(H,26,29). The van der Waals surface area contributed by atoms with E-state index in [1.54, 1.807) is 6.20 Å². The smallest absolute Gasteiger partial charge is 0.261 e. The Kier molecular flexibility index (Phi) is 4.15. The van der Waals surface area contributed by atoms with Crippen molar-refractivity contribution < 1.29 is 4.79 Å². The average Bonchev–Trinajstić information content (AvgIpc) is 3.30. The summed E-state index contributed by atoms with van der Waals surface area (Å²) in [4.78, 5) is 35.8. The number of nitrogens with one attached hydrogen (secondary N) is 2. The molecule has 2 aromatic heterocycles. The molecule has 3 aromatic rings. The molecule has 5 rings (SSSR count). The lowest BCUT2D eigenvalue weighted by Crippen LogP contribution is -2.29. The Labute approximate surface area is 169 Å². The Hall–Kier alpha value is -3.15. The molecule has 2 bridgehead atoms. The fourth-order valence-electron chi connectivity index (χ4n) is 4.90. The molecule has 0 unspecified atom stereocenters. The summed E-state index contributed by atoms with van der Waals surface area (Å²) >= 11 is 0. The highest BCUT2D eigenvalue weighted by atomic mass is 16.2. The predicted molar refractivity (Wildman–Crippen MR) is 115 cm³/mol. The van der Waals surface area contributed by atoms with Crippen LogP contribution in [0.2, 0.25) is 0 Å². The Balaban J connectivity index is 1.43. The van der Waals surface area contributed by atoms with Gasteiger partial charge in [-0.25, -0.2) is 4.98 Å². The van der Waals surface area contributed by atoms with E-state index in [9.17, 15) is 9.59 Å². The highest BCUT2D eigenvalue weighted by Gasteiger charge is 2.39. The van der Waals surface area contributed by atoms with Crippen molar-refractivity contribution in [1.82, 2.24) is 9.97 Å². The lowest BCUT2D eigenvalue weighted by atomic mass is 10.0. The minimum absolute atomic E-state index is 0.105. The second kappa shape index (κ2) is 6.72. The highest BCUT2D eigenvalue weighted by molar-refractivity contribution is 6.06. The summed E-state index contributed by atoms with van der Waals surface area (Å²) < 4.78 is 0. The van der Waals surface area contributed by atoms with Crippen molar-refractivity contribution in [2.24, 2.45) is 0 Å². The minimum Gasteiger partial charge on any atom is -0.360 e. The van der Waals surface area contributed by atoms with Crippen molar-refractivity contribution in [3.63, 3.8) is 0 Å². The number of rotatable bonds is 3. The van der Waals surface area contributed by atoms with Crippen molar-refractivity contribution in [2.45, 2.75) is 51.6 Å². The van der Waals surface area contributed by atoms with Gasteiger partial charge in [-0.2, -0.15) is 0 Å². The van der Waals surface area contributed by atoms with Gasteiger partial charge in [-0.15, -0.1) is 0 Å². The molecule has 1 amide bonds. The lowest BCUT2D eigenvalue weighted by molar-refractivity contribution is 0.102. The second-order valence-corrected chi connectivity index (χ2v) is 8.21. The third kappa shape index (κ3) is 2.90. The van der Waals surface area contributed by atoms with Crippen LogP contribution in [-0.2, 0) is 0 Å². The van der Waals surface area contributed by atoms with E-state index in [2.05, 4.69) is 20.2 Å². The van der Waals surface area contributed by atoms with Crippen LogP contribution in [0.1, 0.15) is 47.2 Å². The fraction of sp³-hybridized carbons (Fsp3) is 0.348. The molecule has 29 heavy (non-hydrogen) atoms. The normalized spacial score (nSPS) is 20.4. The van der Waals surface area contributed by atoms with E-state index in [4.69, 9.17) is 0 Å². The van der Waals surface area contributed by atoms with Crippen LogP contribution in [0.4, 0.5) is 11.5 Å². The number of pyridine rings is 2. The molecule has 0 radical (unpaired) electrons. The van der Waals surface area contributed by atoms with E-state index in [0.717, 1.165) is 22.5 Å². The fourth-order valence-corrected chi connectivity index (χ4v) is 4.90. The molecule has 0 saturated carbocycles. The molecule has 6 heteroatoms. The summed E-state index contributed by atoms with van der Waals surface area (Å²) in [6, 6.07) is 8.84. The van der Waals surface area contributed by atoms with Gasteiger partial charge < -0.3 is 15.2 Å². The van der Waals surface area contributed by atoms with Gasteiger partial charge in [-0.3, -0.25) is 9.59 Å². The van der Waals surface area contributed by atoms with Gasteiger partial charge in [0.25, 0.3) is 5.91 Å². The van der Waals surface area contributed by atoms with Gasteiger partial charge in [0.1, 0.15) is 11.4 Å². The number of hydrogen-bond donors (Lipinski definition) is 2. The number of carbonyl (C=O) groups excluding carboxylic acids is 1. The van der Waals surface area contributed by atoms with E-state index < -0.39 is 5.91 Å². The summed E-state index contributed by atoms with van der Waals surface area (Å²) in [5, 5.41) is 3.42. The zero-order valence-electron chi connectivity index (χ0n) is 16.7. The molecule has 2 saturated heterocycles. The molecular weight excluding hydrogens is 364 g/mol. The first-order chi connectivity index (χ1) is 14.0. The first-order valence-electron chi connectivity index (χ1n) is 10.2. The number of amides is 1. The largest absolute Gasteiger partial charge is 0.360 e. The number of hydrogen-bond acceptors (Lipinski definition) is 4. The summed E-state index contributed by atoms with van der Waals surface area (Å²) in [6.45, 7) is 3.84. The van der Waals surface area contributed by atoms with Crippen molar-refractivity contribution >= 4 is 28.3 Å². The van der Waals surface area contributed by atoms with Crippen LogP contribution in [0.25, 0.3) is 10.9 Å². The van der Waals surface area contributed by atoms with Crippen LogP contribution < -0.4 is 15.6 Å². The molecule has 2 aliphatic heterocycles. The van der Waals surface area contributed by atoms with Crippen molar-refractivity contribution in [2.75, 3.05) is 10.2 Å². The first-order valence-corrected chi connectivity index (χ1v) is 10.2. The predicted octanol–water partition coefficient (Wildman–Crippen LogP) is 3.92. The van der Waals surface area contributed by atoms with Gasteiger partial charge in [0, 0.05) is 29.2 Å². The number of nitrogens with zero attached hydrogens (tertiary/aromatic N) is 2. The van der Waals surface area contributed by atoms with Gasteiger partial charge in [0.2, 0.25) is 5.43 Å². The van der Waals surface area contributed by atoms with Gasteiger partial charge in [-0.05, 0) is 62.8 Å². The number of fused-ring (bicyclic) bond motifs is 3.